The van der Waals surface area contributed by atoms with E-state index in [0.717, 1.165) is 16.1 Å². The van der Waals surface area contributed by atoms with E-state index in [0.29, 0.717) is 16.4 Å². The fraction of sp³-hybridized carbons (Fsp3) is 0.235. The molecule has 0 radical (unpaired) electrons. The maximum atomic E-state index is 12.5. The number of rotatable bonds is 5. The van der Waals surface area contributed by atoms with Crippen LogP contribution in [0.4, 0.5) is 11.4 Å². The third-order valence-corrected chi connectivity index (χ3v) is 4.91. The lowest BCUT2D eigenvalue weighted by molar-refractivity contribution is -0.116. The number of carbonyl (C=O) groups is 1. The zero-order valence-corrected chi connectivity index (χ0v) is 15.2. The lowest BCUT2D eigenvalue weighted by Gasteiger charge is -2.28. The molecule has 0 heterocycles. The molecule has 2 aromatic carbocycles. The van der Waals surface area contributed by atoms with Crippen molar-refractivity contribution in [1.29, 1.82) is 0 Å². The van der Waals surface area contributed by atoms with Gasteiger partial charge in [0.05, 0.1) is 11.9 Å². The summed E-state index contributed by atoms with van der Waals surface area (Å²) in [6, 6.07) is 12.8. The number of aryl methyl sites for hydroxylation is 1. The Kier molecular flexibility index (Phi) is 5.51. The van der Waals surface area contributed by atoms with Crippen molar-refractivity contribution in [3.05, 3.63) is 59.1 Å². The predicted molar refractivity (Wildman–Crippen MR) is 98.0 cm³/mol. The summed E-state index contributed by atoms with van der Waals surface area (Å²) in [5, 5.41) is 3.18. The number of hydrogen-bond donors (Lipinski definition) is 1. The molecule has 5 nitrogen and oxygen atoms in total. The van der Waals surface area contributed by atoms with Gasteiger partial charge in [0.1, 0.15) is 6.04 Å². The van der Waals surface area contributed by atoms with Gasteiger partial charge in [-0.3, -0.25) is 9.10 Å². The maximum Gasteiger partial charge on any atom is 0.247 e. The predicted octanol–water partition coefficient (Wildman–Crippen LogP) is 3.44. The summed E-state index contributed by atoms with van der Waals surface area (Å²) < 4.78 is 25.6. The van der Waals surface area contributed by atoms with Gasteiger partial charge in [-0.25, -0.2) is 8.42 Å². The molecule has 1 N–H and O–H groups in total. The third kappa shape index (κ3) is 4.49. The van der Waals surface area contributed by atoms with Gasteiger partial charge in [-0.1, -0.05) is 29.8 Å². The van der Waals surface area contributed by atoms with Gasteiger partial charge in [-0.05, 0) is 49.7 Å². The van der Waals surface area contributed by atoms with E-state index in [1.165, 1.54) is 0 Å². The lowest BCUT2D eigenvalue weighted by atomic mass is 10.2. The third-order valence-electron chi connectivity index (χ3n) is 3.44. The van der Waals surface area contributed by atoms with Crippen molar-refractivity contribution < 1.29 is 13.2 Å². The Morgan fingerprint density at radius 3 is 2.42 bits per heavy atom. The molecule has 0 aliphatic carbocycles. The normalized spacial score (nSPS) is 12.5. The van der Waals surface area contributed by atoms with Crippen LogP contribution < -0.4 is 9.62 Å². The van der Waals surface area contributed by atoms with Gasteiger partial charge >= 0.3 is 0 Å². The highest BCUT2D eigenvalue weighted by atomic mass is 35.5. The fourth-order valence-electron chi connectivity index (χ4n) is 2.39. The molecule has 0 saturated carbocycles. The van der Waals surface area contributed by atoms with Crippen LogP contribution in [0.5, 0.6) is 0 Å². The fourth-order valence-corrected chi connectivity index (χ4v) is 3.74. The number of benzene rings is 2. The smallest absolute Gasteiger partial charge is 0.247 e. The second-order valence-corrected chi connectivity index (χ2v) is 7.87. The first-order chi connectivity index (χ1) is 11.2. The van der Waals surface area contributed by atoms with Crippen LogP contribution in [-0.2, 0) is 14.8 Å². The molecule has 2 rings (SSSR count). The number of sulfonamides is 1. The van der Waals surface area contributed by atoms with E-state index in [1.54, 1.807) is 49.4 Å². The molecule has 0 aliphatic heterocycles. The van der Waals surface area contributed by atoms with Crippen LogP contribution in [0.25, 0.3) is 0 Å². The maximum absolute atomic E-state index is 12.5. The molecule has 1 amide bonds. The molecule has 128 valence electrons. The first kappa shape index (κ1) is 18.3. The van der Waals surface area contributed by atoms with Crippen LogP contribution in [0.1, 0.15) is 12.5 Å². The van der Waals surface area contributed by atoms with Crippen molar-refractivity contribution in [1.82, 2.24) is 0 Å². The largest absolute Gasteiger partial charge is 0.324 e. The molecule has 0 fully saturated rings. The SMILES string of the molecule is Cc1cccc(N([C@H](C)C(=O)Nc2cccc(Cl)c2)S(C)(=O)=O)c1. The van der Waals surface area contributed by atoms with Crippen LogP contribution in [0.2, 0.25) is 5.02 Å². The minimum Gasteiger partial charge on any atom is -0.324 e. The van der Waals surface area contributed by atoms with E-state index in [1.807, 2.05) is 13.0 Å². The number of carbonyl (C=O) groups excluding carboxylic acids is 1. The molecule has 2 aromatic rings. The Morgan fingerprint density at radius 2 is 1.83 bits per heavy atom. The summed E-state index contributed by atoms with van der Waals surface area (Å²) in [6.45, 7) is 3.41. The average Bonchev–Trinajstić information content (AvgIpc) is 2.46. The van der Waals surface area contributed by atoms with Gasteiger partial charge < -0.3 is 5.32 Å². The number of hydrogen-bond acceptors (Lipinski definition) is 3. The highest BCUT2D eigenvalue weighted by Gasteiger charge is 2.29. The zero-order valence-electron chi connectivity index (χ0n) is 13.7. The first-order valence-corrected chi connectivity index (χ1v) is 9.53. The number of halogens is 1. The van der Waals surface area contributed by atoms with Crippen LogP contribution >= 0.6 is 11.6 Å². The molecule has 24 heavy (non-hydrogen) atoms. The Bertz CT molecular complexity index is 852. The van der Waals surface area contributed by atoms with E-state index in [-0.39, 0.29) is 0 Å². The highest BCUT2D eigenvalue weighted by molar-refractivity contribution is 7.92. The summed E-state index contributed by atoms with van der Waals surface area (Å²) in [5.74, 6) is -0.441. The monoisotopic (exact) mass is 366 g/mol. The van der Waals surface area contributed by atoms with Gasteiger partial charge in [-0.2, -0.15) is 0 Å². The summed E-state index contributed by atoms with van der Waals surface area (Å²) in [6.07, 6.45) is 1.08. The van der Waals surface area contributed by atoms with Gasteiger partial charge in [0.15, 0.2) is 0 Å². The second-order valence-electron chi connectivity index (χ2n) is 5.57. The van der Waals surface area contributed by atoms with E-state index < -0.39 is 22.0 Å². The van der Waals surface area contributed by atoms with Crippen molar-refractivity contribution >= 4 is 38.9 Å². The van der Waals surface area contributed by atoms with E-state index in [2.05, 4.69) is 5.32 Å². The molecular formula is C17H19ClN2O3S. The Morgan fingerprint density at radius 1 is 1.17 bits per heavy atom. The quantitative estimate of drug-likeness (QED) is 0.881. The molecular weight excluding hydrogens is 348 g/mol. The van der Waals surface area contributed by atoms with Gasteiger partial charge in [0, 0.05) is 10.7 Å². The van der Waals surface area contributed by atoms with Gasteiger partial charge in [-0.15, -0.1) is 0 Å². The molecule has 0 bridgehead atoms. The van der Waals surface area contributed by atoms with Crippen LogP contribution in [-0.4, -0.2) is 26.6 Å². The topological polar surface area (TPSA) is 66.5 Å². The zero-order chi connectivity index (χ0) is 17.9. The minimum atomic E-state index is -3.63. The molecule has 0 saturated heterocycles. The average molecular weight is 367 g/mol. The van der Waals surface area contributed by atoms with Crippen molar-refractivity contribution in [3.63, 3.8) is 0 Å². The molecule has 0 unspecified atom stereocenters. The summed E-state index contributed by atoms with van der Waals surface area (Å²) in [4.78, 5) is 12.5. The van der Waals surface area contributed by atoms with E-state index >= 15 is 0 Å². The standard InChI is InChI=1S/C17H19ClN2O3S/c1-12-6-4-9-16(10-12)20(24(3,22)23)13(2)17(21)19-15-8-5-7-14(18)11-15/h4-11,13H,1-3H3,(H,19,21)/t13-/m1/s1. The molecule has 0 spiro atoms. The summed E-state index contributed by atoms with van der Waals surface area (Å²) >= 11 is 5.90. The van der Waals surface area contributed by atoms with Crippen LogP contribution in [0.3, 0.4) is 0 Å². The van der Waals surface area contributed by atoms with Crippen molar-refractivity contribution in [3.8, 4) is 0 Å². The number of nitrogens with zero attached hydrogens (tertiary/aromatic N) is 1. The Hall–Kier alpha value is -2.05. The van der Waals surface area contributed by atoms with Gasteiger partial charge in [0.2, 0.25) is 15.9 Å². The van der Waals surface area contributed by atoms with Crippen LogP contribution in [0.15, 0.2) is 48.5 Å². The summed E-state index contributed by atoms with van der Waals surface area (Å²) in [5.41, 5.74) is 1.87. The van der Waals surface area contributed by atoms with Crippen molar-refractivity contribution in [2.75, 3.05) is 15.9 Å². The molecule has 0 aliphatic rings. The van der Waals surface area contributed by atoms with E-state index in [4.69, 9.17) is 11.6 Å². The Labute approximate surface area is 147 Å². The second kappa shape index (κ2) is 7.23. The first-order valence-electron chi connectivity index (χ1n) is 7.31. The number of anilines is 2. The minimum absolute atomic E-state index is 0.441. The Balaban J connectivity index is 2.31. The highest BCUT2D eigenvalue weighted by Crippen LogP contribution is 2.23. The number of amides is 1. The van der Waals surface area contributed by atoms with Crippen molar-refractivity contribution in [2.45, 2.75) is 19.9 Å². The summed E-state index contributed by atoms with van der Waals surface area (Å²) in [7, 11) is -3.63. The molecule has 7 heteroatoms. The van der Waals surface area contributed by atoms with Crippen LogP contribution in [0, 0.1) is 6.92 Å². The number of nitrogens with one attached hydrogen (secondary N) is 1. The molecule has 1 atom stereocenters. The lowest BCUT2D eigenvalue weighted by Crippen LogP contribution is -2.45. The van der Waals surface area contributed by atoms with Crippen molar-refractivity contribution in [2.24, 2.45) is 0 Å². The van der Waals surface area contributed by atoms with Gasteiger partial charge in [0.25, 0.3) is 0 Å². The van der Waals surface area contributed by atoms with E-state index in [9.17, 15) is 13.2 Å². The molecule has 0 aromatic heterocycles.